The molecule has 27 heavy (non-hydrogen) atoms. The van der Waals surface area contributed by atoms with Crippen molar-refractivity contribution >= 4 is 10.0 Å². The predicted octanol–water partition coefficient (Wildman–Crippen LogP) is 2.53. The van der Waals surface area contributed by atoms with Gasteiger partial charge in [-0.3, -0.25) is 0 Å². The number of fused-ring (bicyclic) bond motifs is 1. The average Bonchev–Trinajstić information content (AvgIpc) is 2.60. The van der Waals surface area contributed by atoms with Crippen LogP contribution in [0.25, 0.3) is 0 Å². The van der Waals surface area contributed by atoms with E-state index in [2.05, 4.69) is 9.46 Å². The van der Waals surface area contributed by atoms with Gasteiger partial charge in [0.1, 0.15) is 17.1 Å². The van der Waals surface area contributed by atoms with Crippen LogP contribution in [0.1, 0.15) is 12.0 Å². The largest absolute Gasteiger partial charge is 0.573 e. The second-order valence-electron chi connectivity index (χ2n) is 5.97. The average molecular weight is 403 g/mol. The van der Waals surface area contributed by atoms with Gasteiger partial charge in [-0.25, -0.2) is 13.1 Å². The fourth-order valence-corrected chi connectivity index (χ4v) is 3.83. The van der Waals surface area contributed by atoms with Crippen molar-refractivity contribution in [2.45, 2.75) is 23.3 Å². The summed E-state index contributed by atoms with van der Waals surface area (Å²) in [6.07, 6.45) is -4.68. The Morgan fingerprint density at radius 3 is 2.48 bits per heavy atom. The molecule has 0 amide bonds. The van der Waals surface area contributed by atoms with Gasteiger partial charge in [0, 0.05) is 18.5 Å². The number of para-hydroxylation sites is 1. The molecule has 146 valence electrons. The number of hydrogen-bond donors (Lipinski definition) is 2. The molecule has 10 heteroatoms. The normalized spacial score (nSPS) is 19.9. The summed E-state index contributed by atoms with van der Waals surface area (Å²) in [5.74, 6) is -0.0578. The molecule has 1 aliphatic heterocycles. The molecule has 3 rings (SSSR count). The van der Waals surface area contributed by atoms with Gasteiger partial charge in [0.2, 0.25) is 10.0 Å². The summed E-state index contributed by atoms with van der Waals surface area (Å²) in [7, 11) is -4.05. The lowest BCUT2D eigenvalue weighted by Gasteiger charge is -2.34. The molecule has 0 aromatic heterocycles. The SMILES string of the molecule is O=S(=O)(NCC1(O)CCOc2ccccc21)c1ccc(OC(F)(F)F)cc1. The molecule has 0 radical (unpaired) electrons. The lowest BCUT2D eigenvalue weighted by atomic mass is 9.88. The Morgan fingerprint density at radius 1 is 1.15 bits per heavy atom. The fraction of sp³-hybridized carbons (Fsp3) is 0.294. The van der Waals surface area contributed by atoms with Gasteiger partial charge in [0.25, 0.3) is 0 Å². The van der Waals surface area contributed by atoms with Crippen LogP contribution in [0.2, 0.25) is 0 Å². The van der Waals surface area contributed by atoms with Crippen molar-refractivity contribution in [3.8, 4) is 11.5 Å². The standard InChI is InChI=1S/C17H16F3NO5S/c18-17(19,20)26-12-5-7-13(8-6-12)27(23,24)21-11-16(22)9-10-25-15-4-2-1-3-14(15)16/h1-8,21-22H,9-11H2. The highest BCUT2D eigenvalue weighted by Crippen LogP contribution is 2.36. The van der Waals surface area contributed by atoms with Gasteiger partial charge >= 0.3 is 6.36 Å². The summed E-state index contributed by atoms with van der Waals surface area (Å²) in [6, 6.07) is 10.5. The molecular weight excluding hydrogens is 387 g/mol. The van der Waals surface area contributed by atoms with E-state index >= 15 is 0 Å². The number of alkyl halides is 3. The van der Waals surface area contributed by atoms with Gasteiger partial charge in [-0.1, -0.05) is 18.2 Å². The Bertz CT molecular complexity index is 915. The van der Waals surface area contributed by atoms with Crippen molar-refractivity contribution in [2.24, 2.45) is 0 Å². The van der Waals surface area contributed by atoms with Crippen LogP contribution in [0.3, 0.4) is 0 Å². The first-order valence-corrected chi connectivity index (χ1v) is 9.38. The number of hydrogen-bond acceptors (Lipinski definition) is 5. The van der Waals surface area contributed by atoms with Crippen LogP contribution < -0.4 is 14.2 Å². The number of halogens is 3. The molecule has 0 fully saturated rings. The second-order valence-corrected chi connectivity index (χ2v) is 7.74. The Labute approximate surface area is 153 Å². The molecule has 0 spiro atoms. The molecule has 6 nitrogen and oxygen atoms in total. The summed E-state index contributed by atoms with van der Waals surface area (Å²) in [6.45, 7) is -0.0881. The monoisotopic (exact) mass is 403 g/mol. The van der Waals surface area contributed by atoms with E-state index in [0.717, 1.165) is 24.3 Å². The number of rotatable bonds is 5. The van der Waals surface area contributed by atoms with Gasteiger partial charge in [0.15, 0.2) is 0 Å². The number of nitrogens with one attached hydrogen (secondary N) is 1. The molecule has 0 saturated heterocycles. The van der Waals surface area contributed by atoms with Crippen molar-refractivity contribution in [1.82, 2.24) is 4.72 Å². The summed E-state index contributed by atoms with van der Waals surface area (Å²) < 4.78 is 72.8. The fourth-order valence-electron chi connectivity index (χ4n) is 2.74. The van der Waals surface area contributed by atoms with Gasteiger partial charge in [-0.05, 0) is 30.3 Å². The van der Waals surface area contributed by atoms with Crippen LogP contribution in [0.15, 0.2) is 53.4 Å². The van der Waals surface area contributed by atoms with Crippen molar-refractivity contribution in [2.75, 3.05) is 13.2 Å². The van der Waals surface area contributed by atoms with E-state index in [0.29, 0.717) is 11.3 Å². The van der Waals surface area contributed by atoms with Crippen molar-refractivity contribution < 1.29 is 36.2 Å². The molecule has 2 aromatic carbocycles. The second kappa shape index (κ2) is 7.02. The zero-order valence-corrected chi connectivity index (χ0v) is 14.7. The maximum atomic E-state index is 12.4. The van der Waals surface area contributed by atoms with Crippen LogP contribution in [-0.2, 0) is 15.6 Å². The van der Waals surface area contributed by atoms with E-state index in [9.17, 15) is 26.7 Å². The van der Waals surface area contributed by atoms with E-state index in [1.807, 2.05) is 0 Å². The highest BCUT2D eigenvalue weighted by atomic mass is 32.2. The molecule has 0 aliphatic carbocycles. The lowest BCUT2D eigenvalue weighted by molar-refractivity contribution is -0.274. The smallest absolute Gasteiger partial charge is 0.493 e. The first kappa shape index (κ1) is 19.5. The molecule has 1 aliphatic rings. The van der Waals surface area contributed by atoms with Crippen LogP contribution in [0, 0.1) is 0 Å². The highest BCUT2D eigenvalue weighted by molar-refractivity contribution is 7.89. The molecule has 1 heterocycles. The summed E-state index contributed by atoms with van der Waals surface area (Å²) >= 11 is 0. The minimum Gasteiger partial charge on any atom is -0.493 e. The number of benzene rings is 2. The van der Waals surface area contributed by atoms with E-state index in [1.165, 1.54) is 0 Å². The van der Waals surface area contributed by atoms with E-state index in [1.54, 1.807) is 24.3 Å². The van der Waals surface area contributed by atoms with Gasteiger partial charge < -0.3 is 14.6 Å². The molecule has 1 unspecified atom stereocenters. The number of sulfonamides is 1. The number of ether oxygens (including phenoxy) is 2. The van der Waals surface area contributed by atoms with Gasteiger partial charge in [-0.15, -0.1) is 13.2 Å². The topological polar surface area (TPSA) is 84.9 Å². The van der Waals surface area contributed by atoms with Gasteiger partial charge in [0.05, 0.1) is 11.5 Å². The van der Waals surface area contributed by atoms with E-state index in [4.69, 9.17) is 4.74 Å². The van der Waals surface area contributed by atoms with Crippen LogP contribution in [0.4, 0.5) is 13.2 Å². The Balaban J connectivity index is 1.74. The molecule has 0 bridgehead atoms. The quantitative estimate of drug-likeness (QED) is 0.802. The van der Waals surface area contributed by atoms with Crippen molar-refractivity contribution in [3.05, 3.63) is 54.1 Å². The van der Waals surface area contributed by atoms with Gasteiger partial charge in [-0.2, -0.15) is 0 Å². The third-order valence-electron chi connectivity index (χ3n) is 4.08. The van der Waals surface area contributed by atoms with Crippen LogP contribution in [-0.4, -0.2) is 33.0 Å². The minimum atomic E-state index is -4.86. The Morgan fingerprint density at radius 2 is 1.81 bits per heavy atom. The third kappa shape index (κ3) is 4.52. The number of aliphatic hydroxyl groups is 1. The zero-order valence-electron chi connectivity index (χ0n) is 13.9. The van der Waals surface area contributed by atoms with E-state index < -0.39 is 27.7 Å². The third-order valence-corrected chi connectivity index (χ3v) is 5.50. The van der Waals surface area contributed by atoms with E-state index in [-0.39, 0.29) is 24.5 Å². The maximum Gasteiger partial charge on any atom is 0.573 e. The first-order valence-electron chi connectivity index (χ1n) is 7.89. The Hall–Kier alpha value is -2.30. The lowest BCUT2D eigenvalue weighted by Crippen LogP contribution is -2.43. The summed E-state index contributed by atoms with van der Waals surface area (Å²) in [5.41, 5.74) is -0.991. The summed E-state index contributed by atoms with van der Waals surface area (Å²) in [5, 5.41) is 10.9. The van der Waals surface area contributed by atoms with Crippen LogP contribution >= 0.6 is 0 Å². The molecule has 2 N–H and O–H groups in total. The minimum absolute atomic E-state index is 0.185. The molecule has 2 aromatic rings. The first-order chi connectivity index (χ1) is 12.6. The maximum absolute atomic E-state index is 12.4. The van der Waals surface area contributed by atoms with Crippen molar-refractivity contribution in [3.63, 3.8) is 0 Å². The molecule has 1 atom stereocenters. The van der Waals surface area contributed by atoms with Crippen molar-refractivity contribution in [1.29, 1.82) is 0 Å². The highest BCUT2D eigenvalue weighted by Gasteiger charge is 2.37. The van der Waals surface area contributed by atoms with Crippen LogP contribution in [0.5, 0.6) is 11.5 Å². The molecule has 0 saturated carbocycles. The summed E-state index contributed by atoms with van der Waals surface area (Å²) in [4.78, 5) is -0.249. The molecular formula is C17H16F3NO5S. The zero-order chi connectivity index (χ0) is 19.7. The Kier molecular flexibility index (Phi) is 5.06. The predicted molar refractivity (Wildman–Crippen MR) is 88.8 cm³/mol.